The molecule has 0 aliphatic carbocycles. The molecule has 1 unspecified atom stereocenters. The standard InChI is InChI=1S/C26H31N6O7P/c1-18(2)21(25(34)37-15-19-9-5-3-6-10-19)31-40(35,39-20-11-7-4-8-12-20)38-14-13-36-17-32-16-28-22-23(32)29-26(27)30-24(22)33/h3-12,16,18,21H,13-15,17H2,1-2H3,(H,31,35)(H3,27,29,30,33)/t21-,40?/m0/s1. The number of nitrogens with one attached hydrogen (secondary N) is 2. The number of nitrogen functional groups attached to an aromatic ring is 1. The first-order valence-corrected chi connectivity index (χ1v) is 14.0. The Morgan fingerprint density at radius 2 is 1.80 bits per heavy atom. The zero-order valence-electron chi connectivity index (χ0n) is 22.1. The van der Waals surface area contributed by atoms with Crippen LogP contribution in [0.15, 0.2) is 71.8 Å². The molecule has 0 aliphatic rings. The van der Waals surface area contributed by atoms with Crippen molar-refractivity contribution in [2.24, 2.45) is 5.92 Å². The first-order valence-electron chi connectivity index (χ1n) is 12.5. The summed E-state index contributed by atoms with van der Waals surface area (Å²) in [6, 6.07) is 16.7. The molecule has 0 aliphatic heterocycles. The summed E-state index contributed by atoms with van der Waals surface area (Å²) in [6.07, 6.45) is 1.40. The van der Waals surface area contributed by atoms with E-state index in [1.54, 1.807) is 44.2 Å². The van der Waals surface area contributed by atoms with Crippen molar-refractivity contribution >= 4 is 30.8 Å². The second kappa shape index (κ2) is 13.4. The number of anilines is 1. The van der Waals surface area contributed by atoms with Crippen LogP contribution in [0.2, 0.25) is 0 Å². The third kappa shape index (κ3) is 7.76. The van der Waals surface area contributed by atoms with Crippen molar-refractivity contribution in [3.63, 3.8) is 0 Å². The van der Waals surface area contributed by atoms with Crippen LogP contribution in [0.4, 0.5) is 5.95 Å². The maximum atomic E-state index is 13.8. The van der Waals surface area contributed by atoms with Gasteiger partial charge in [0.05, 0.1) is 19.5 Å². The lowest BCUT2D eigenvalue weighted by molar-refractivity contribution is -0.148. The fourth-order valence-electron chi connectivity index (χ4n) is 3.62. The number of benzene rings is 2. The van der Waals surface area contributed by atoms with E-state index in [9.17, 15) is 14.2 Å². The Hall–Kier alpha value is -4.03. The molecule has 14 heteroatoms. The zero-order chi connectivity index (χ0) is 28.5. The molecule has 2 aromatic carbocycles. The van der Waals surface area contributed by atoms with Gasteiger partial charge < -0.3 is 19.7 Å². The van der Waals surface area contributed by atoms with Crippen LogP contribution < -0.4 is 20.9 Å². The topological polar surface area (TPSA) is 173 Å². The zero-order valence-corrected chi connectivity index (χ0v) is 23.0. The molecule has 2 heterocycles. The van der Waals surface area contributed by atoms with Crippen molar-refractivity contribution in [1.82, 2.24) is 24.6 Å². The molecule has 212 valence electrons. The fourth-order valence-corrected chi connectivity index (χ4v) is 5.26. The van der Waals surface area contributed by atoms with Crippen LogP contribution in [0.1, 0.15) is 19.4 Å². The van der Waals surface area contributed by atoms with E-state index < -0.39 is 25.3 Å². The van der Waals surface area contributed by atoms with Gasteiger partial charge in [-0.05, 0) is 23.6 Å². The number of carbonyl (C=O) groups is 1. The summed E-state index contributed by atoms with van der Waals surface area (Å²) in [5, 5.41) is 2.76. The second-order valence-electron chi connectivity index (χ2n) is 9.05. The first-order chi connectivity index (χ1) is 19.2. The van der Waals surface area contributed by atoms with Crippen LogP contribution in [0.5, 0.6) is 5.75 Å². The van der Waals surface area contributed by atoms with Crippen LogP contribution in [0, 0.1) is 5.92 Å². The van der Waals surface area contributed by atoms with E-state index in [0.717, 1.165) is 5.56 Å². The van der Waals surface area contributed by atoms with Crippen molar-refractivity contribution in [2.45, 2.75) is 33.2 Å². The molecule has 4 aromatic rings. The van der Waals surface area contributed by atoms with Crippen molar-refractivity contribution < 1.29 is 27.9 Å². The van der Waals surface area contributed by atoms with Crippen molar-refractivity contribution in [1.29, 1.82) is 0 Å². The number of para-hydroxylation sites is 1. The number of aromatic amines is 1. The molecule has 2 atom stereocenters. The number of imidazole rings is 1. The predicted molar refractivity (Wildman–Crippen MR) is 147 cm³/mol. The minimum absolute atomic E-state index is 0.00698. The van der Waals surface area contributed by atoms with Gasteiger partial charge in [0.15, 0.2) is 11.2 Å². The lowest BCUT2D eigenvalue weighted by Crippen LogP contribution is -2.41. The predicted octanol–water partition coefficient (Wildman–Crippen LogP) is 3.24. The SMILES string of the molecule is CC(C)[C@H](NP(=O)(OCCOCn1cnc2c(=O)[nH]c(N)nc21)Oc1ccccc1)C(=O)OCc1ccccc1. The van der Waals surface area contributed by atoms with Gasteiger partial charge in [-0.3, -0.25) is 23.7 Å². The van der Waals surface area contributed by atoms with E-state index in [0.29, 0.717) is 0 Å². The minimum Gasteiger partial charge on any atom is -0.460 e. The number of ether oxygens (including phenoxy) is 2. The molecule has 13 nitrogen and oxygen atoms in total. The summed E-state index contributed by atoms with van der Waals surface area (Å²) in [5.74, 6) is -0.648. The Labute approximate surface area is 230 Å². The molecule has 0 saturated heterocycles. The third-order valence-corrected chi connectivity index (χ3v) is 7.19. The number of hydrogen-bond acceptors (Lipinski definition) is 10. The summed E-state index contributed by atoms with van der Waals surface area (Å²) < 4.78 is 37.8. The van der Waals surface area contributed by atoms with Crippen LogP contribution in [0.25, 0.3) is 11.2 Å². The molecule has 2 aromatic heterocycles. The highest BCUT2D eigenvalue weighted by Gasteiger charge is 2.36. The van der Waals surface area contributed by atoms with Gasteiger partial charge in [-0.25, -0.2) is 9.55 Å². The lowest BCUT2D eigenvalue weighted by Gasteiger charge is -2.26. The quantitative estimate of drug-likeness (QED) is 0.115. The third-order valence-electron chi connectivity index (χ3n) is 5.62. The van der Waals surface area contributed by atoms with Gasteiger partial charge in [-0.2, -0.15) is 10.1 Å². The summed E-state index contributed by atoms with van der Waals surface area (Å²) in [4.78, 5) is 35.4. The van der Waals surface area contributed by atoms with Gasteiger partial charge in [0, 0.05) is 0 Å². The average molecular weight is 571 g/mol. The Morgan fingerprint density at radius 3 is 2.50 bits per heavy atom. The Balaban J connectivity index is 1.39. The number of H-pyrrole nitrogens is 1. The number of carbonyl (C=O) groups excluding carboxylic acids is 1. The highest BCUT2D eigenvalue weighted by Crippen LogP contribution is 2.45. The monoisotopic (exact) mass is 570 g/mol. The summed E-state index contributed by atoms with van der Waals surface area (Å²) >= 11 is 0. The van der Waals surface area contributed by atoms with Gasteiger partial charge in [-0.15, -0.1) is 0 Å². The molecule has 4 N–H and O–H groups in total. The Bertz CT molecular complexity index is 1510. The van der Waals surface area contributed by atoms with E-state index in [4.69, 9.17) is 24.3 Å². The molecule has 0 radical (unpaired) electrons. The number of esters is 1. The molecule has 0 bridgehead atoms. The molecule has 0 saturated carbocycles. The number of fused-ring (bicyclic) bond motifs is 1. The molecule has 40 heavy (non-hydrogen) atoms. The molecule has 0 fully saturated rings. The minimum atomic E-state index is -4.08. The summed E-state index contributed by atoms with van der Waals surface area (Å²) in [7, 11) is -4.08. The van der Waals surface area contributed by atoms with E-state index in [1.165, 1.54) is 10.9 Å². The number of hydrogen-bond donors (Lipinski definition) is 3. The van der Waals surface area contributed by atoms with E-state index in [1.807, 2.05) is 30.3 Å². The van der Waals surface area contributed by atoms with Gasteiger partial charge in [0.2, 0.25) is 5.95 Å². The smallest absolute Gasteiger partial charge is 0.459 e. The van der Waals surface area contributed by atoms with E-state index in [-0.39, 0.29) is 55.3 Å². The Morgan fingerprint density at radius 1 is 1.10 bits per heavy atom. The summed E-state index contributed by atoms with van der Waals surface area (Å²) in [6.45, 7) is 3.47. The molecule has 0 amide bonds. The molecular formula is C26H31N6O7P. The second-order valence-corrected chi connectivity index (χ2v) is 10.7. The normalized spacial score (nSPS) is 13.7. The molecular weight excluding hydrogens is 539 g/mol. The number of nitrogens with two attached hydrogens (primary N) is 1. The highest BCUT2D eigenvalue weighted by atomic mass is 31.2. The first kappa shape index (κ1) is 29.0. The number of aromatic nitrogens is 4. The van der Waals surface area contributed by atoms with Crippen molar-refractivity contribution in [2.75, 3.05) is 18.9 Å². The van der Waals surface area contributed by atoms with Crippen molar-refractivity contribution in [3.8, 4) is 5.75 Å². The maximum Gasteiger partial charge on any atom is 0.459 e. The molecule has 0 spiro atoms. The van der Waals surface area contributed by atoms with Crippen LogP contribution in [-0.2, 0) is 36.7 Å². The van der Waals surface area contributed by atoms with E-state index in [2.05, 4.69) is 20.0 Å². The number of rotatable bonds is 14. The number of nitrogens with zero attached hydrogens (tertiary/aromatic N) is 3. The van der Waals surface area contributed by atoms with Gasteiger partial charge in [0.25, 0.3) is 5.56 Å². The molecule has 4 rings (SSSR count). The van der Waals surface area contributed by atoms with Gasteiger partial charge in [-0.1, -0.05) is 62.4 Å². The van der Waals surface area contributed by atoms with Crippen LogP contribution >= 0.6 is 7.75 Å². The van der Waals surface area contributed by atoms with Crippen molar-refractivity contribution in [3.05, 3.63) is 82.9 Å². The Kier molecular flexibility index (Phi) is 9.67. The maximum absolute atomic E-state index is 13.8. The fraction of sp³-hybridized carbons (Fsp3) is 0.308. The lowest BCUT2D eigenvalue weighted by atomic mass is 10.1. The van der Waals surface area contributed by atoms with Gasteiger partial charge in [0.1, 0.15) is 25.1 Å². The largest absolute Gasteiger partial charge is 0.460 e. The highest BCUT2D eigenvalue weighted by molar-refractivity contribution is 7.52. The van der Waals surface area contributed by atoms with Gasteiger partial charge >= 0.3 is 13.7 Å². The van der Waals surface area contributed by atoms with E-state index >= 15 is 0 Å². The summed E-state index contributed by atoms with van der Waals surface area (Å²) in [5.41, 5.74) is 6.36. The average Bonchev–Trinajstić information content (AvgIpc) is 3.34. The van der Waals surface area contributed by atoms with Crippen LogP contribution in [-0.4, -0.2) is 44.7 Å². The van der Waals surface area contributed by atoms with Crippen LogP contribution in [0.3, 0.4) is 0 Å².